The zero-order valence-electron chi connectivity index (χ0n) is 11.1. The third kappa shape index (κ3) is 4.21. The number of hydrogen-bond donors (Lipinski definition) is 1. The van der Waals surface area contributed by atoms with Crippen LogP contribution >= 0.6 is 0 Å². The van der Waals surface area contributed by atoms with Crippen molar-refractivity contribution in [2.45, 2.75) is 13.3 Å². The molecule has 3 nitrogen and oxygen atoms in total. The third-order valence-electron chi connectivity index (χ3n) is 2.73. The summed E-state index contributed by atoms with van der Waals surface area (Å²) < 4.78 is 11.2. The van der Waals surface area contributed by atoms with E-state index < -0.39 is 0 Å². The number of nitrogen functional groups attached to an aromatic ring is 1. The highest BCUT2D eigenvalue weighted by molar-refractivity contribution is 5.53. The topological polar surface area (TPSA) is 44.5 Å². The van der Waals surface area contributed by atoms with Gasteiger partial charge in [0.25, 0.3) is 0 Å². The van der Waals surface area contributed by atoms with Crippen molar-refractivity contribution in [3.05, 3.63) is 54.1 Å². The Morgan fingerprint density at radius 2 is 1.68 bits per heavy atom. The highest BCUT2D eigenvalue weighted by Gasteiger charge is 2.00. The maximum atomic E-state index is 5.84. The number of nitrogens with two attached hydrogens (primary N) is 1. The van der Waals surface area contributed by atoms with E-state index in [1.807, 2.05) is 55.5 Å². The lowest BCUT2D eigenvalue weighted by atomic mass is 10.2. The fourth-order valence-corrected chi connectivity index (χ4v) is 1.71. The van der Waals surface area contributed by atoms with Crippen molar-refractivity contribution in [2.75, 3.05) is 18.9 Å². The Hall–Kier alpha value is -2.16. The molecule has 0 unspecified atom stereocenters. The highest BCUT2D eigenvalue weighted by atomic mass is 16.5. The average molecular weight is 257 g/mol. The van der Waals surface area contributed by atoms with E-state index in [1.165, 1.54) is 0 Å². The fraction of sp³-hybridized carbons (Fsp3) is 0.250. The zero-order valence-corrected chi connectivity index (χ0v) is 11.1. The van der Waals surface area contributed by atoms with Crippen LogP contribution in [0.5, 0.6) is 11.5 Å². The van der Waals surface area contributed by atoms with Gasteiger partial charge in [0.1, 0.15) is 11.5 Å². The summed E-state index contributed by atoms with van der Waals surface area (Å²) in [5.41, 5.74) is 7.66. The Morgan fingerprint density at radius 3 is 2.47 bits per heavy atom. The molecule has 0 aliphatic carbocycles. The molecule has 0 radical (unpaired) electrons. The maximum Gasteiger partial charge on any atom is 0.142 e. The Kier molecular flexibility index (Phi) is 4.67. The van der Waals surface area contributed by atoms with E-state index in [0.29, 0.717) is 18.9 Å². The lowest BCUT2D eigenvalue weighted by Gasteiger charge is -2.10. The average Bonchev–Trinajstić information content (AvgIpc) is 2.43. The number of rotatable bonds is 6. The molecule has 0 saturated heterocycles. The minimum Gasteiger partial charge on any atom is -0.493 e. The second-order valence-electron chi connectivity index (χ2n) is 4.40. The quantitative estimate of drug-likeness (QED) is 0.637. The Labute approximate surface area is 114 Å². The van der Waals surface area contributed by atoms with Gasteiger partial charge < -0.3 is 15.2 Å². The van der Waals surface area contributed by atoms with Crippen molar-refractivity contribution >= 4 is 5.69 Å². The molecule has 0 saturated carbocycles. The lowest BCUT2D eigenvalue weighted by molar-refractivity contribution is 0.248. The number of anilines is 1. The zero-order chi connectivity index (χ0) is 13.5. The number of ether oxygens (including phenoxy) is 2. The van der Waals surface area contributed by atoms with E-state index in [2.05, 4.69) is 0 Å². The molecule has 0 heterocycles. The van der Waals surface area contributed by atoms with Crippen LogP contribution in [0.25, 0.3) is 0 Å². The van der Waals surface area contributed by atoms with E-state index in [0.717, 1.165) is 23.5 Å². The molecule has 0 fully saturated rings. The minimum atomic E-state index is 0.598. The summed E-state index contributed by atoms with van der Waals surface area (Å²) in [6.07, 6.45) is 0.822. The van der Waals surface area contributed by atoms with Crippen LogP contribution in [0.1, 0.15) is 12.0 Å². The second-order valence-corrected chi connectivity index (χ2v) is 4.40. The van der Waals surface area contributed by atoms with Gasteiger partial charge in [-0.25, -0.2) is 0 Å². The Balaban J connectivity index is 1.71. The van der Waals surface area contributed by atoms with E-state index in [-0.39, 0.29) is 0 Å². The van der Waals surface area contributed by atoms with Crippen LogP contribution in [0, 0.1) is 6.92 Å². The summed E-state index contributed by atoms with van der Waals surface area (Å²) in [5, 5.41) is 0. The molecular weight excluding hydrogens is 238 g/mol. The van der Waals surface area contributed by atoms with Gasteiger partial charge in [0.05, 0.1) is 18.9 Å². The van der Waals surface area contributed by atoms with Gasteiger partial charge in [-0.15, -0.1) is 0 Å². The molecule has 3 heteroatoms. The van der Waals surface area contributed by atoms with Crippen LogP contribution in [0.4, 0.5) is 5.69 Å². The van der Waals surface area contributed by atoms with Crippen molar-refractivity contribution in [1.29, 1.82) is 0 Å². The Morgan fingerprint density at radius 1 is 0.947 bits per heavy atom. The molecule has 19 heavy (non-hydrogen) atoms. The van der Waals surface area contributed by atoms with Crippen LogP contribution in [0.15, 0.2) is 48.5 Å². The summed E-state index contributed by atoms with van der Waals surface area (Å²) in [6.45, 7) is 3.25. The van der Waals surface area contributed by atoms with E-state index in [4.69, 9.17) is 15.2 Å². The van der Waals surface area contributed by atoms with Crippen LogP contribution < -0.4 is 15.2 Å². The normalized spacial score (nSPS) is 10.2. The van der Waals surface area contributed by atoms with E-state index in [9.17, 15) is 0 Å². The predicted octanol–water partition coefficient (Wildman–Crippen LogP) is 3.43. The lowest BCUT2D eigenvalue weighted by Crippen LogP contribution is -2.06. The SMILES string of the molecule is Cc1ccc(N)c(OCCCOc2ccccc2)c1. The highest BCUT2D eigenvalue weighted by Crippen LogP contribution is 2.22. The van der Waals surface area contributed by atoms with Gasteiger partial charge in [-0.1, -0.05) is 24.3 Å². The second kappa shape index (κ2) is 6.69. The van der Waals surface area contributed by atoms with Crippen molar-refractivity contribution in [2.24, 2.45) is 0 Å². The summed E-state index contributed by atoms with van der Waals surface area (Å²) in [5.74, 6) is 1.64. The number of para-hydroxylation sites is 1. The smallest absolute Gasteiger partial charge is 0.142 e. The van der Waals surface area contributed by atoms with Gasteiger partial charge in [0, 0.05) is 6.42 Å². The molecule has 0 aliphatic rings. The predicted molar refractivity (Wildman–Crippen MR) is 77.6 cm³/mol. The molecule has 2 aromatic rings. The van der Waals surface area contributed by atoms with Crippen molar-refractivity contribution in [1.82, 2.24) is 0 Å². The van der Waals surface area contributed by atoms with Gasteiger partial charge >= 0.3 is 0 Å². The van der Waals surface area contributed by atoms with Gasteiger partial charge in [-0.05, 0) is 36.8 Å². The molecule has 2 N–H and O–H groups in total. The molecule has 0 aliphatic heterocycles. The standard InChI is InChI=1S/C16H19NO2/c1-13-8-9-15(17)16(12-13)19-11-5-10-18-14-6-3-2-4-7-14/h2-4,6-9,12H,5,10-11,17H2,1H3. The summed E-state index contributed by atoms with van der Waals surface area (Å²) in [4.78, 5) is 0. The maximum absolute atomic E-state index is 5.84. The number of benzene rings is 2. The van der Waals surface area contributed by atoms with Crippen LogP contribution in [0.2, 0.25) is 0 Å². The first-order valence-corrected chi connectivity index (χ1v) is 6.42. The monoisotopic (exact) mass is 257 g/mol. The molecule has 0 atom stereocenters. The minimum absolute atomic E-state index is 0.598. The van der Waals surface area contributed by atoms with Crippen molar-refractivity contribution in [3.63, 3.8) is 0 Å². The first-order valence-electron chi connectivity index (χ1n) is 6.42. The summed E-state index contributed by atoms with van der Waals surface area (Å²) >= 11 is 0. The van der Waals surface area contributed by atoms with Crippen LogP contribution in [-0.2, 0) is 0 Å². The molecule has 2 rings (SSSR count). The fourth-order valence-electron chi connectivity index (χ4n) is 1.71. The van der Waals surface area contributed by atoms with Crippen molar-refractivity contribution < 1.29 is 9.47 Å². The third-order valence-corrected chi connectivity index (χ3v) is 2.73. The first-order chi connectivity index (χ1) is 9.25. The van der Waals surface area contributed by atoms with E-state index >= 15 is 0 Å². The Bertz CT molecular complexity index is 511. The van der Waals surface area contributed by atoms with Gasteiger partial charge in [0.2, 0.25) is 0 Å². The molecule has 0 aromatic heterocycles. The van der Waals surface area contributed by atoms with Gasteiger partial charge in [-0.3, -0.25) is 0 Å². The van der Waals surface area contributed by atoms with Gasteiger partial charge in [0.15, 0.2) is 0 Å². The molecule has 0 spiro atoms. The summed E-state index contributed by atoms with van der Waals surface area (Å²) in [7, 11) is 0. The van der Waals surface area contributed by atoms with Crippen LogP contribution in [-0.4, -0.2) is 13.2 Å². The summed E-state index contributed by atoms with van der Waals surface area (Å²) in [6, 6.07) is 15.6. The van der Waals surface area contributed by atoms with Gasteiger partial charge in [-0.2, -0.15) is 0 Å². The van der Waals surface area contributed by atoms with Crippen LogP contribution in [0.3, 0.4) is 0 Å². The largest absolute Gasteiger partial charge is 0.493 e. The number of aryl methyl sites for hydroxylation is 1. The first kappa shape index (κ1) is 13.3. The molecule has 100 valence electrons. The molecule has 2 aromatic carbocycles. The van der Waals surface area contributed by atoms with Crippen molar-refractivity contribution in [3.8, 4) is 11.5 Å². The number of hydrogen-bond acceptors (Lipinski definition) is 3. The molecular formula is C16H19NO2. The molecule has 0 amide bonds. The van der Waals surface area contributed by atoms with E-state index in [1.54, 1.807) is 0 Å². The molecule has 0 bridgehead atoms.